The van der Waals surface area contributed by atoms with Gasteiger partial charge in [-0.05, 0) is 30.7 Å². The summed E-state index contributed by atoms with van der Waals surface area (Å²) in [5.74, 6) is -6.41. The van der Waals surface area contributed by atoms with Crippen molar-refractivity contribution in [3.05, 3.63) is 52.8 Å². The maximum atomic E-state index is 14.1. The number of carbonyl (C=O) groups is 1. The van der Waals surface area contributed by atoms with Crippen LogP contribution < -0.4 is 9.47 Å². The normalized spacial score (nSPS) is 15.6. The minimum Gasteiger partial charge on any atom is -0.494 e. The summed E-state index contributed by atoms with van der Waals surface area (Å²) in [6.07, 6.45) is -6.30. The van der Waals surface area contributed by atoms with Gasteiger partial charge in [0.1, 0.15) is 22.0 Å². The highest BCUT2D eigenvalue weighted by atomic mass is 32.2. The summed E-state index contributed by atoms with van der Waals surface area (Å²) in [6.45, 7) is 0.319. The maximum absolute atomic E-state index is 14.1. The lowest BCUT2D eigenvalue weighted by molar-refractivity contribution is -0.189. The summed E-state index contributed by atoms with van der Waals surface area (Å²) in [6, 6.07) is 2.92. The largest absolute Gasteiger partial charge is 0.494 e. The molecule has 2 aromatic carbocycles. The van der Waals surface area contributed by atoms with E-state index in [1.54, 1.807) is 0 Å². The molecule has 1 amide bonds. The first kappa shape index (κ1) is 25.7. The van der Waals surface area contributed by atoms with Crippen molar-refractivity contribution in [2.45, 2.75) is 30.0 Å². The van der Waals surface area contributed by atoms with Gasteiger partial charge in [-0.1, -0.05) is 0 Å². The second-order valence-electron chi connectivity index (χ2n) is 7.74. The van der Waals surface area contributed by atoms with Gasteiger partial charge in [0.2, 0.25) is 0 Å². The average molecular weight is 511 g/mol. The Bertz CT molecular complexity index is 1230. The van der Waals surface area contributed by atoms with E-state index < -0.39 is 73.4 Å². The van der Waals surface area contributed by atoms with Crippen molar-refractivity contribution in [3.63, 3.8) is 0 Å². The van der Waals surface area contributed by atoms with Crippen LogP contribution in [-0.2, 0) is 9.84 Å². The van der Waals surface area contributed by atoms with E-state index in [1.807, 2.05) is 0 Å². The molecule has 34 heavy (non-hydrogen) atoms. The van der Waals surface area contributed by atoms with Crippen molar-refractivity contribution < 1.29 is 49.0 Å². The first-order chi connectivity index (χ1) is 15.6. The lowest BCUT2D eigenvalue weighted by Crippen LogP contribution is -2.49. The number of hydrogen-bond donors (Lipinski definition) is 0. The van der Waals surface area contributed by atoms with Crippen LogP contribution in [0.4, 0.5) is 26.3 Å². The molecule has 1 aliphatic heterocycles. The SMILES string of the molecule is COc1c(S(C)(=O)=O)ccc(O[C@@H](C)C(F)(F)F)c1C(=O)N1CC(c2cc(F)c(F)cc2F)C1. The molecule has 0 N–H and O–H groups in total. The Hall–Kier alpha value is -2.96. The third-order valence-corrected chi connectivity index (χ3v) is 6.43. The molecule has 186 valence electrons. The van der Waals surface area contributed by atoms with Gasteiger partial charge in [-0.25, -0.2) is 21.6 Å². The molecular weight excluding hydrogens is 492 g/mol. The second kappa shape index (κ2) is 9.01. The van der Waals surface area contributed by atoms with Crippen LogP contribution in [0.1, 0.15) is 28.8 Å². The van der Waals surface area contributed by atoms with Gasteiger partial charge >= 0.3 is 6.18 Å². The first-order valence-electron chi connectivity index (χ1n) is 9.73. The van der Waals surface area contributed by atoms with Crippen molar-refractivity contribution in [1.29, 1.82) is 0 Å². The molecule has 0 unspecified atom stereocenters. The minimum atomic E-state index is -4.78. The number of ether oxygens (including phenoxy) is 2. The Morgan fingerprint density at radius 3 is 2.21 bits per heavy atom. The van der Waals surface area contributed by atoms with Crippen molar-refractivity contribution in [2.24, 2.45) is 0 Å². The molecule has 6 nitrogen and oxygen atoms in total. The van der Waals surface area contributed by atoms with E-state index in [-0.39, 0.29) is 18.7 Å². The smallest absolute Gasteiger partial charge is 0.425 e. The zero-order valence-corrected chi connectivity index (χ0v) is 18.9. The van der Waals surface area contributed by atoms with Gasteiger partial charge in [0.05, 0.1) is 7.11 Å². The third-order valence-electron chi connectivity index (χ3n) is 5.31. The molecule has 1 heterocycles. The summed E-state index contributed by atoms with van der Waals surface area (Å²) < 4.78 is 114. The number of nitrogens with zero attached hydrogens (tertiary/aromatic N) is 1. The van der Waals surface area contributed by atoms with Gasteiger partial charge < -0.3 is 14.4 Å². The molecule has 3 rings (SSSR count). The van der Waals surface area contributed by atoms with E-state index >= 15 is 0 Å². The number of halogens is 6. The second-order valence-corrected chi connectivity index (χ2v) is 9.72. The number of likely N-dealkylation sites (tertiary alicyclic amines) is 1. The van der Waals surface area contributed by atoms with Crippen LogP contribution in [-0.4, -0.2) is 58.0 Å². The lowest BCUT2D eigenvalue weighted by atomic mass is 9.90. The molecule has 0 aromatic heterocycles. The highest BCUT2D eigenvalue weighted by Crippen LogP contribution is 2.40. The molecule has 1 fully saturated rings. The summed E-state index contributed by atoms with van der Waals surface area (Å²) in [5.41, 5.74) is -0.743. The number of hydrogen-bond acceptors (Lipinski definition) is 5. The minimum absolute atomic E-state index is 0.179. The number of alkyl halides is 3. The molecule has 1 saturated heterocycles. The Balaban J connectivity index is 1.98. The van der Waals surface area contributed by atoms with Crippen LogP contribution in [0.25, 0.3) is 0 Å². The maximum Gasteiger partial charge on any atom is 0.425 e. The molecule has 1 atom stereocenters. The van der Waals surface area contributed by atoms with Crippen LogP contribution in [0.2, 0.25) is 0 Å². The summed E-state index contributed by atoms with van der Waals surface area (Å²) in [5, 5.41) is 0. The van der Waals surface area contributed by atoms with Crippen molar-refractivity contribution in [1.82, 2.24) is 4.90 Å². The fraction of sp³-hybridized carbons (Fsp3) is 0.381. The fourth-order valence-corrected chi connectivity index (χ4v) is 4.29. The highest BCUT2D eigenvalue weighted by molar-refractivity contribution is 7.90. The van der Waals surface area contributed by atoms with Crippen LogP contribution >= 0.6 is 0 Å². The molecule has 0 saturated carbocycles. The standard InChI is InChI=1S/C21H19F6NO5S/c1-10(21(25,26)27)33-16-4-5-17(34(3,30)31)19(32-2)18(16)20(29)28-8-11(9-28)12-6-14(23)15(24)7-13(12)22/h4-7,10-11H,8-9H2,1-3H3/t10-/m0/s1. The molecule has 0 radical (unpaired) electrons. The summed E-state index contributed by atoms with van der Waals surface area (Å²) in [4.78, 5) is 13.8. The van der Waals surface area contributed by atoms with Crippen LogP contribution in [0, 0.1) is 17.5 Å². The highest BCUT2D eigenvalue weighted by Gasteiger charge is 2.41. The van der Waals surface area contributed by atoms with E-state index in [0.29, 0.717) is 19.1 Å². The van der Waals surface area contributed by atoms with Crippen LogP contribution in [0.5, 0.6) is 11.5 Å². The number of amides is 1. The van der Waals surface area contributed by atoms with Crippen molar-refractivity contribution in [2.75, 3.05) is 26.5 Å². The zero-order chi connectivity index (χ0) is 25.6. The topological polar surface area (TPSA) is 72.9 Å². The molecule has 1 aliphatic rings. The zero-order valence-electron chi connectivity index (χ0n) is 18.0. The molecule has 0 bridgehead atoms. The number of rotatable bonds is 6. The van der Waals surface area contributed by atoms with E-state index in [9.17, 15) is 39.6 Å². The van der Waals surface area contributed by atoms with E-state index in [4.69, 9.17) is 9.47 Å². The molecule has 0 aliphatic carbocycles. The predicted molar refractivity (Wildman–Crippen MR) is 107 cm³/mol. The number of methoxy groups -OCH3 is 1. The Morgan fingerprint density at radius 1 is 1.09 bits per heavy atom. The Labute approximate surface area is 191 Å². The van der Waals surface area contributed by atoms with Gasteiger partial charge in [-0.15, -0.1) is 0 Å². The first-order valence-corrected chi connectivity index (χ1v) is 11.6. The lowest BCUT2D eigenvalue weighted by Gasteiger charge is -2.40. The van der Waals surface area contributed by atoms with Gasteiger partial charge in [-0.2, -0.15) is 13.2 Å². The van der Waals surface area contributed by atoms with Crippen LogP contribution in [0.3, 0.4) is 0 Å². The number of benzene rings is 2. The van der Waals surface area contributed by atoms with Crippen LogP contribution in [0.15, 0.2) is 29.2 Å². The molecule has 2 aromatic rings. The number of carbonyl (C=O) groups excluding carboxylic acids is 1. The quantitative estimate of drug-likeness (QED) is 0.432. The monoisotopic (exact) mass is 511 g/mol. The average Bonchev–Trinajstić information content (AvgIpc) is 2.68. The fourth-order valence-electron chi connectivity index (χ4n) is 3.45. The third kappa shape index (κ3) is 4.93. The van der Waals surface area contributed by atoms with Crippen molar-refractivity contribution >= 4 is 15.7 Å². The van der Waals surface area contributed by atoms with E-state index in [2.05, 4.69) is 0 Å². The Kier molecular flexibility index (Phi) is 6.80. The van der Waals surface area contributed by atoms with Gasteiger partial charge in [0.15, 0.2) is 33.3 Å². The summed E-state index contributed by atoms with van der Waals surface area (Å²) in [7, 11) is -2.92. The molecule has 13 heteroatoms. The predicted octanol–water partition coefficient (Wildman–Crippen LogP) is 4.09. The van der Waals surface area contributed by atoms with E-state index in [1.165, 1.54) is 0 Å². The van der Waals surface area contributed by atoms with Gasteiger partial charge in [-0.3, -0.25) is 4.79 Å². The summed E-state index contributed by atoms with van der Waals surface area (Å²) >= 11 is 0. The van der Waals surface area contributed by atoms with E-state index in [0.717, 1.165) is 30.4 Å². The van der Waals surface area contributed by atoms with Gasteiger partial charge in [0, 0.05) is 31.3 Å². The van der Waals surface area contributed by atoms with Gasteiger partial charge in [0.25, 0.3) is 5.91 Å². The molecular formula is C21H19F6NO5S. The van der Waals surface area contributed by atoms with Crippen molar-refractivity contribution in [3.8, 4) is 11.5 Å². The Morgan fingerprint density at radius 2 is 1.68 bits per heavy atom. The number of sulfone groups is 1. The molecule has 0 spiro atoms.